The van der Waals surface area contributed by atoms with Gasteiger partial charge in [-0.25, -0.2) is 0 Å². The lowest BCUT2D eigenvalue weighted by atomic mass is 9.84. The molecule has 0 amide bonds. The van der Waals surface area contributed by atoms with E-state index in [9.17, 15) is 0 Å². The molecule has 2 heterocycles. The highest BCUT2D eigenvalue weighted by atomic mass is 14.6. The maximum atomic E-state index is 4.36. The SMILES string of the molecule is CC(C)(C)c1cccc2ccncc12.CC(C)(C)c1cccc2ncccc12. The van der Waals surface area contributed by atoms with E-state index in [1.807, 2.05) is 24.7 Å². The summed E-state index contributed by atoms with van der Waals surface area (Å²) in [6.45, 7) is 13.4. The molecule has 0 radical (unpaired) electrons. The molecule has 0 bridgehead atoms. The molecule has 4 aromatic rings. The van der Waals surface area contributed by atoms with Gasteiger partial charge < -0.3 is 0 Å². The molecule has 0 aliphatic rings. The summed E-state index contributed by atoms with van der Waals surface area (Å²) in [6, 6.07) is 19.0. The molecule has 2 aromatic carbocycles. The van der Waals surface area contributed by atoms with Crippen LogP contribution in [0.2, 0.25) is 0 Å². The third-order valence-electron chi connectivity index (χ3n) is 4.95. The molecule has 28 heavy (non-hydrogen) atoms. The molecule has 2 aromatic heterocycles. The van der Waals surface area contributed by atoms with Crippen LogP contribution >= 0.6 is 0 Å². The van der Waals surface area contributed by atoms with E-state index in [0.717, 1.165) is 5.52 Å². The van der Waals surface area contributed by atoms with Crippen LogP contribution in [0.4, 0.5) is 0 Å². The first-order valence-electron chi connectivity index (χ1n) is 9.85. The molecule has 144 valence electrons. The van der Waals surface area contributed by atoms with Gasteiger partial charge in [0, 0.05) is 29.4 Å². The fraction of sp³-hybridized carbons (Fsp3) is 0.308. The Hall–Kier alpha value is -2.74. The lowest BCUT2D eigenvalue weighted by molar-refractivity contribution is 0.595. The molecule has 0 fully saturated rings. The second-order valence-corrected chi connectivity index (χ2v) is 9.28. The van der Waals surface area contributed by atoms with Crippen LogP contribution in [0.5, 0.6) is 0 Å². The highest BCUT2D eigenvalue weighted by Gasteiger charge is 2.16. The number of rotatable bonds is 0. The van der Waals surface area contributed by atoms with Gasteiger partial charge in [0.1, 0.15) is 0 Å². The molecule has 0 atom stereocenters. The van der Waals surface area contributed by atoms with Gasteiger partial charge in [0.05, 0.1) is 5.52 Å². The zero-order chi connectivity index (χ0) is 20.4. The summed E-state index contributed by atoms with van der Waals surface area (Å²) in [4.78, 5) is 8.54. The fourth-order valence-electron chi connectivity index (χ4n) is 3.52. The Bertz CT molecular complexity index is 983. The van der Waals surface area contributed by atoms with Gasteiger partial charge in [0.2, 0.25) is 0 Å². The van der Waals surface area contributed by atoms with Crippen molar-refractivity contribution in [2.45, 2.75) is 52.4 Å². The van der Waals surface area contributed by atoms with Crippen LogP contribution in [0.15, 0.2) is 73.2 Å². The highest BCUT2D eigenvalue weighted by Crippen LogP contribution is 2.29. The van der Waals surface area contributed by atoms with Crippen molar-refractivity contribution in [1.82, 2.24) is 9.97 Å². The smallest absolute Gasteiger partial charge is 0.0704 e. The lowest BCUT2D eigenvalue weighted by Crippen LogP contribution is -2.11. The molecular formula is C26H30N2. The zero-order valence-electron chi connectivity index (χ0n) is 17.8. The monoisotopic (exact) mass is 370 g/mol. The van der Waals surface area contributed by atoms with Crippen LogP contribution in [0.25, 0.3) is 21.7 Å². The first-order valence-corrected chi connectivity index (χ1v) is 9.85. The van der Waals surface area contributed by atoms with E-state index in [2.05, 4.69) is 100 Å². The number of hydrogen-bond donors (Lipinski definition) is 0. The highest BCUT2D eigenvalue weighted by molar-refractivity contribution is 5.85. The van der Waals surface area contributed by atoms with E-state index in [1.165, 1.54) is 27.3 Å². The third kappa shape index (κ3) is 4.39. The summed E-state index contributed by atoms with van der Waals surface area (Å²) in [7, 11) is 0. The van der Waals surface area contributed by atoms with Gasteiger partial charge in [0.25, 0.3) is 0 Å². The molecule has 0 aliphatic heterocycles. The van der Waals surface area contributed by atoms with Crippen molar-refractivity contribution in [2.24, 2.45) is 0 Å². The van der Waals surface area contributed by atoms with Crippen molar-refractivity contribution in [3.8, 4) is 0 Å². The molecule has 2 heteroatoms. The number of hydrogen-bond acceptors (Lipinski definition) is 2. The van der Waals surface area contributed by atoms with Crippen LogP contribution in [0.3, 0.4) is 0 Å². The van der Waals surface area contributed by atoms with Crippen LogP contribution in [0.1, 0.15) is 52.7 Å². The maximum absolute atomic E-state index is 4.36. The van der Waals surface area contributed by atoms with Crippen molar-refractivity contribution in [3.05, 3.63) is 84.3 Å². The Kier molecular flexibility index (Phi) is 5.51. The van der Waals surface area contributed by atoms with Crippen molar-refractivity contribution in [2.75, 3.05) is 0 Å². The number of pyridine rings is 2. The minimum absolute atomic E-state index is 0.183. The van der Waals surface area contributed by atoms with E-state index in [0.29, 0.717) is 0 Å². The summed E-state index contributed by atoms with van der Waals surface area (Å²) in [5.74, 6) is 0. The Morgan fingerprint density at radius 3 is 1.93 bits per heavy atom. The van der Waals surface area contributed by atoms with Gasteiger partial charge in [-0.05, 0) is 45.5 Å². The predicted octanol–water partition coefficient (Wildman–Crippen LogP) is 7.06. The topological polar surface area (TPSA) is 25.8 Å². The molecule has 0 unspecified atom stereocenters. The van der Waals surface area contributed by atoms with Crippen LogP contribution in [-0.4, -0.2) is 9.97 Å². The summed E-state index contributed by atoms with van der Waals surface area (Å²) in [5, 5.41) is 3.80. The molecule has 0 spiro atoms. The first kappa shape index (κ1) is 20.0. The van der Waals surface area contributed by atoms with Crippen LogP contribution in [0, 0.1) is 0 Å². The molecule has 0 saturated carbocycles. The molecular weight excluding hydrogens is 340 g/mol. The van der Waals surface area contributed by atoms with E-state index in [4.69, 9.17) is 0 Å². The van der Waals surface area contributed by atoms with E-state index >= 15 is 0 Å². The largest absolute Gasteiger partial charge is 0.264 e. The van der Waals surface area contributed by atoms with E-state index in [-0.39, 0.29) is 10.8 Å². The minimum atomic E-state index is 0.183. The molecule has 0 saturated heterocycles. The Morgan fingerprint density at radius 1 is 0.607 bits per heavy atom. The van der Waals surface area contributed by atoms with E-state index < -0.39 is 0 Å². The van der Waals surface area contributed by atoms with Crippen molar-refractivity contribution in [3.63, 3.8) is 0 Å². The molecule has 0 N–H and O–H groups in total. The minimum Gasteiger partial charge on any atom is -0.264 e. The lowest BCUT2D eigenvalue weighted by Gasteiger charge is -2.20. The second kappa shape index (κ2) is 7.71. The van der Waals surface area contributed by atoms with Crippen molar-refractivity contribution < 1.29 is 0 Å². The fourth-order valence-corrected chi connectivity index (χ4v) is 3.52. The van der Waals surface area contributed by atoms with Gasteiger partial charge in [-0.2, -0.15) is 0 Å². The third-order valence-corrected chi connectivity index (χ3v) is 4.95. The van der Waals surface area contributed by atoms with Crippen molar-refractivity contribution in [1.29, 1.82) is 0 Å². The second-order valence-electron chi connectivity index (χ2n) is 9.28. The maximum Gasteiger partial charge on any atom is 0.0704 e. The molecule has 4 rings (SSSR count). The van der Waals surface area contributed by atoms with Gasteiger partial charge >= 0.3 is 0 Å². The quantitative estimate of drug-likeness (QED) is 0.331. The number of aromatic nitrogens is 2. The summed E-state index contributed by atoms with van der Waals surface area (Å²) in [5.41, 5.74) is 4.18. The average molecular weight is 371 g/mol. The first-order chi connectivity index (χ1) is 13.2. The van der Waals surface area contributed by atoms with Gasteiger partial charge in [-0.15, -0.1) is 0 Å². The Morgan fingerprint density at radius 2 is 1.25 bits per heavy atom. The zero-order valence-corrected chi connectivity index (χ0v) is 17.8. The predicted molar refractivity (Wildman–Crippen MR) is 121 cm³/mol. The number of fused-ring (bicyclic) bond motifs is 2. The van der Waals surface area contributed by atoms with E-state index in [1.54, 1.807) is 0 Å². The summed E-state index contributed by atoms with van der Waals surface area (Å²) >= 11 is 0. The van der Waals surface area contributed by atoms with Crippen LogP contribution in [-0.2, 0) is 10.8 Å². The Balaban J connectivity index is 0.000000161. The summed E-state index contributed by atoms with van der Waals surface area (Å²) in [6.07, 6.45) is 5.64. The standard InChI is InChI=1S/2C13H15N/c1-13(2,3)11-7-4-8-12-10(11)6-5-9-14-12;1-13(2,3)12-6-4-5-10-7-8-14-9-11(10)12/h2*4-9H,1-3H3. The Labute approximate surface area is 168 Å². The van der Waals surface area contributed by atoms with Gasteiger partial charge in [0.15, 0.2) is 0 Å². The number of benzene rings is 2. The van der Waals surface area contributed by atoms with Gasteiger partial charge in [-0.3, -0.25) is 9.97 Å². The van der Waals surface area contributed by atoms with Gasteiger partial charge in [-0.1, -0.05) is 77.9 Å². The molecule has 2 nitrogen and oxygen atoms in total. The number of nitrogens with zero attached hydrogens (tertiary/aromatic N) is 2. The normalized spacial score (nSPS) is 11.9. The average Bonchev–Trinajstić information content (AvgIpc) is 2.66. The van der Waals surface area contributed by atoms with Crippen molar-refractivity contribution >= 4 is 21.7 Å². The van der Waals surface area contributed by atoms with Crippen LogP contribution < -0.4 is 0 Å². The summed E-state index contributed by atoms with van der Waals surface area (Å²) < 4.78 is 0. The molecule has 0 aliphatic carbocycles.